The Morgan fingerprint density at radius 1 is 1.08 bits per heavy atom. The van der Waals surface area contributed by atoms with E-state index in [9.17, 15) is 18.3 Å². The van der Waals surface area contributed by atoms with E-state index in [0.717, 1.165) is 12.0 Å². The molecule has 0 aromatic heterocycles. The monoisotopic (exact) mass is 561 g/mol. The van der Waals surface area contributed by atoms with Crippen LogP contribution < -0.4 is 4.74 Å². The first kappa shape index (κ1) is 29.5. The fraction of sp³-hybridized carbons (Fsp3) is 0.552. The van der Waals surface area contributed by atoms with E-state index in [0.29, 0.717) is 18.8 Å². The van der Waals surface area contributed by atoms with Crippen LogP contribution in [0.25, 0.3) is 0 Å². The lowest BCUT2D eigenvalue weighted by Gasteiger charge is -2.30. The van der Waals surface area contributed by atoms with Gasteiger partial charge in [-0.05, 0) is 48.6 Å². The maximum Gasteiger partial charge on any atom is 0.306 e. The normalized spacial score (nSPS) is 22.6. The third-order valence-electron chi connectivity index (χ3n) is 7.24. The number of methoxy groups -OCH3 is 1. The fourth-order valence-electron chi connectivity index (χ4n) is 5.17. The number of fused-ring (bicyclic) bond motifs is 1. The van der Waals surface area contributed by atoms with Gasteiger partial charge in [0, 0.05) is 19.0 Å². The minimum Gasteiger partial charge on any atom is -0.497 e. The molecule has 2 saturated heterocycles. The minimum absolute atomic E-state index is 0.0163. The molecule has 0 spiro atoms. The molecule has 5 atom stereocenters. The van der Waals surface area contributed by atoms with Crippen LogP contribution in [0.2, 0.25) is 0 Å². The molecule has 0 saturated carbocycles. The summed E-state index contributed by atoms with van der Waals surface area (Å²) in [4.78, 5) is 13.2. The van der Waals surface area contributed by atoms with Crippen molar-refractivity contribution in [3.05, 3.63) is 60.2 Å². The summed E-state index contributed by atoms with van der Waals surface area (Å²) in [5.41, 5.74) is 0.941. The summed E-state index contributed by atoms with van der Waals surface area (Å²) >= 11 is 0. The fourth-order valence-corrected chi connectivity index (χ4v) is 6.79. The van der Waals surface area contributed by atoms with Crippen LogP contribution in [0.3, 0.4) is 0 Å². The molecule has 0 amide bonds. The lowest BCUT2D eigenvalue weighted by molar-refractivity contribution is -0.153. The van der Waals surface area contributed by atoms with Crippen molar-refractivity contribution in [3.8, 4) is 5.75 Å². The minimum atomic E-state index is -3.91. The van der Waals surface area contributed by atoms with Crippen molar-refractivity contribution in [3.63, 3.8) is 0 Å². The van der Waals surface area contributed by atoms with Crippen LogP contribution in [0.15, 0.2) is 59.5 Å². The predicted molar refractivity (Wildman–Crippen MR) is 145 cm³/mol. The van der Waals surface area contributed by atoms with Crippen LogP contribution >= 0.6 is 0 Å². The Balaban J connectivity index is 1.51. The SMILES string of the molecule is COc1ccc(S(=O)(=O)N(CC(C)C)C[C@@H](O)[C@@H](CC(=O)O[C@H]2CO[C@H]3OCC[C@H]32)Cc2ccccc2)cc1. The van der Waals surface area contributed by atoms with Gasteiger partial charge in [-0.15, -0.1) is 0 Å². The highest BCUT2D eigenvalue weighted by Crippen LogP contribution is 2.33. The molecule has 2 heterocycles. The topological polar surface area (TPSA) is 112 Å². The molecule has 9 nitrogen and oxygen atoms in total. The summed E-state index contributed by atoms with van der Waals surface area (Å²) in [6, 6.07) is 15.7. The molecule has 0 aliphatic carbocycles. The zero-order chi connectivity index (χ0) is 28.0. The van der Waals surface area contributed by atoms with Gasteiger partial charge < -0.3 is 24.1 Å². The van der Waals surface area contributed by atoms with Gasteiger partial charge in [0.15, 0.2) is 6.29 Å². The first-order valence-corrected chi connectivity index (χ1v) is 14.9. The molecule has 2 aromatic carbocycles. The number of sulfonamides is 1. The number of benzene rings is 2. The van der Waals surface area contributed by atoms with Crippen LogP contribution in [0.5, 0.6) is 5.75 Å². The van der Waals surface area contributed by atoms with Crippen molar-refractivity contribution in [2.45, 2.75) is 56.5 Å². The maximum absolute atomic E-state index is 13.6. The van der Waals surface area contributed by atoms with Crippen molar-refractivity contribution in [1.29, 1.82) is 0 Å². The number of carbonyl (C=O) groups excluding carboxylic acids is 1. The van der Waals surface area contributed by atoms with Gasteiger partial charge >= 0.3 is 5.97 Å². The maximum atomic E-state index is 13.6. The number of carbonyl (C=O) groups is 1. The molecule has 4 rings (SSSR count). The van der Waals surface area contributed by atoms with E-state index in [-0.39, 0.29) is 55.2 Å². The van der Waals surface area contributed by atoms with Crippen molar-refractivity contribution in [1.82, 2.24) is 4.31 Å². The number of hydrogen-bond donors (Lipinski definition) is 1. The highest BCUT2D eigenvalue weighted by atomic mass is 32.2. The van der Waals surface area contributed by atoms with Crippen LogP contribution in [-0.4, -0.2) is 75.7 Å². The second kappa shape index (κ2) is 13.2. The Morgan fingerprint density at radius 2 is 1.79 bits per heavy atom. The van der Waals surface area contributed by atoms with Gasteiger partial charge in [-0.2, -0.15) is 4.31 Å². The summed E-state index contributed by atoms with van der Waals surface area (Å²) < 4.78 is 50.5. The van der Waals surface area contributed by atoms with Crippen molar-refractivity contribution in [2.75, 3.05) is 33.4 Å². The molecule has 2 fully saturated rings. The average Bonchev–Trinajstić information content (AvgIpc) is 3.53. The molecule has 1 N–H and O–H groups in total. The Kier molecular flexibility index (Phi) is 10.0. The van der Waals surface area contributed by atoms with E-state index >= 15 is 0 Å². The van der Waals surface area contributed by atoms with Crippen molar-refractivity contribution >= 4 is 16.0 Å². The summed E-state index contributed by atoms with van der Waals surface area (Å²) in [6.07, 6.45) is -0.707. The molecule has 0 radical (unpaired) electrons. The molecule has 10 heteroatoms. The van der Waals surface area contributed by atoms with Crippen LogP contribution in [0, 0.1) is 17.8 Å². The number of ether oxygens (including phenoxy) is 4. The Bertz CT molecular complexity index is 1170. The molecule has 0 unspecified atom stereocenters. The van der Waals surface area contributed by atoms with Gasteiger partial charge in [0.25, 0.3) is 0 Å². The number of hydrogen-bond acceptors (Lipinski definition) is 8. The molecule has 214 valence electrons. The second-order valence-electron chi connectivity index (χ2n) is 10.7. The lowest BCUT2D eigenvalue weighted by atomic mass is 9.90. The zero-order valence-corrected chi connectivity index (χ0v) is 23.6. The molecule has 2 aliphatic rings. The number of rotatable bonds is 13. The number of nitrogens with zero attached hydrogens (tertiary/aromatic N) is 1. The highest BCUT2D eigenvalue weighted by molar-refractivity contribution is 7.89. The molecule has 2 aromatic rings. The van der Waals surface area contributed by atoms with Crippen LogP contribution in [0.4, 0.5) is 0 Å². The first-order valence-electron chi connectivity index (χ1n) is 13.5. The summed E-state index contributed by atoms with van der Waals surface area (Å²) in [5, 5.41) is 11.4. The molecule has 2 aliphatic heterocycles. The molecule has 39 heavy (non-hydrogen) atoms. The quantitative estimate of drug-likeness (QED) is 0.371. The Morgan fingerprint density at radius 3 is 2.46 bits per heavy atom. The average molecular weight is 562 g/mol. The van der Waals surface area contributed by atoms with Gasteiger partial charge in [-0.3, -0.25) is 4.79 Å². The van der Waals surface area contributed by atoms with E-state index in [1.165, 1.54) is 23.5 Å². The van der Waals surface area contributed by atoms with Gasteiger partial charge in [-0.1, -0.05) is 44.2 Å². The van der Waals surface area contributed by atoms with Gasteiger partial charge in [0.2, 0.25) is 10.0 Å². The van der Waals surface area contributed by atoms with E-state index in [1.54, 1.807) is 12.1 Å². The smallest absolute Gasteiger partial charge is 0.306 e. The number of esters is 1. The first-order chi connectivity index (χ1) is 18.7. The number of aliphatic hydroxyl groups excluding tert-OH is 1. The molecular formula is C29H39NO8S. The van der Waals surface area contributed by atoms with Crippen LogP contribution in [0.1, 0.15) is 32.3 Å². The lowest BCUT2D eigenvalue weighted by Crippen LogP contribution is -2.43. The van der Waals surface area contributed by atoms with Crippen molar-refractivity contribution < 1.29 is 37.3 Å². The summed E-state index contributed by atoms with van der Waals surface area (Å²) in [5.74, 6) is -0.411. The molecular weight excluding hydrogens is 522 g/mol. The van der Waals surface area contributed by atoms with Gasteiger partial charge in [-0.25, -0.2) is 8.42 Å². The third-order valence-corrected chi connectivity index (χ3v) is 9.08. The van der Waals surface area contributed by atoms with Gasteiger partial charge in [0.1, 0.15) is 11.9 Å². The van der Waals surface area contributed by atoms with E-state index < -0.39 is 28.0 Å². The summed E-state index contributed by atoms with van der Waals surface area (Å²) in [6.45, 7) is 4.78. The number of aliphatic hydroxyl groups is 1. The Labute approximate surface area is 231 Å². The third kappa shape index (κ3) is 7.58. The van der Waals surface area contributed by atoms with Gasteiger partial charge in [0.05, 0.1) is 43.7 Å². The Hall–Kier alpha value is -2.50. The second-order valence-corrected chi connectivity index (χ2v) is 12.6. The zero-order valence-electron chi connectivity index (χ0n) is 22.8. The van der Waals surface area contributed by atoms with Crippen molar-refractivity contribution in [2.24, 2.45) is 17.8 Å². The predicted octanol–water partition coefficient (Wildman–Crippen LogP) is 3.26. The molecule has 0 bridgehead atoms. The standard InChI is InChI=1S/C29H39NO8S/c1-20(2)17-30(39(33,34)24-11-9-23(35-3)10-12-24)18-26(31)22(15-21-7-5-4-6-8-21)16-28(32)38-27-19-37-29-25(27)13-14-36-29/h4-12,20,22,25-27,29,31H,13-19H2,1-3H3/t22-,25+,26-,27+,29-/m1/s1. The van der Waals surface area contributed by atoms with E-state index in [2.05, 4.69) is 0 Å². The van der Waals surface area contributed by atoms with E-state index in [1.807, 2.05) is 44.2 Å². The summed E-state index contributed by atoms with van der Waals surface area (Å²) in [7, 11) is -2.39. The largest absolute Gasteiger partial charge is 0.497 e. The van der Waals surface area contributed by atoms with E-state index in [4.69, 9.17) is 18.9 Å². The van der Waals surface area contributed by atoms with Crippen LogP contribution in [-0.2, 0) is 35.4 Å². The highest BCUT2D eigenvalue weighted by Gasteiger charge is 2.44.